The second kappa shape index (κ2) is 7.30. The number of nitrogens with zero attached hydrogens (tertiary/aromatic N) is 5. The molecule has 2 aromatic carbocycles. The van der Waals surface area contributed by atoms with E-state index in [4.69, 9.17) is 0 Å². The molecular weight excluding hydrogens is 382 g/mol. The van der Waals surface area contributed by atoms with Crippen LogP contribution in [0.2, 0.25) is 0 Å². The molecule has 0 spiro atoms. The predicted octanol–water partition coefficient (Wildman–Crippen LogP) is 3.82. The van der Waals surface area contributed by atoms with Crippen LogP contribution in [0.15, 0.2) is 59.8 Å². The van der Waals surface area contributed by atoms with Crippen LogP contribution in [0.25, 0.3) is 0 Å². The van der Waals surface area contributed by atoms with Crippen molar-refractivity contribution in [2.75, 3.05) is 10.7 Å². The molecule has 1 unspecified atom stereocenters. The largest absolute Gasteiger partial charge is 0.306 e. The predicted molar refractivity (Wildman–Crippen MR) is 115 cm³/mol. The van der Waals surface area contributed by atoms with Crippen LogP contribution in [0.5, 0.6) is 0 Å². The Hall–Kier alpha value is -2.67. The third-order valence-electron chi connectivity index (χ3n) is 5.70. The Bertz CT molecular complexity index is 1030. The van der Waals surface area contributed by atoms with Crippen molar-refractivity contribution < 1.29 is 4.79 Å². The van der Waals surface area contributed by atoms with E-state index >= 15 is 0 Å². The topological polar surface area (TPSA) is 63.9 Å². The highest BCUT2D eigenvalue weighted by molar-refractivity contribution is 7.99. The Balaban J connectivity index is 1.72. The number of hydrogen-bond acceptors (Lipinski definition) is 5. The van der Waals surface area contributed by atoms with Crippen LogP contribution in [0.1, 0.15) is 38.3 Å². The lowest BCUT2D eigenvalue weighted by Crippen LogP contribution is -2.56. The number of carbonyl (C=O) groups excluding carboxylic acids is 1. The van der Waals surface area contributed by atoms with Crippen molar-refractivity contribution in [3.63, 3.8) is 0 Å². The molecule has 1 atom stereocenters. The fraction of sp³-hybridized carbons (Fsp3) is 0.364. The van der Waals surface area contributed by atoms with Gasteiger partial charge in [-0.25, -0.2) is 4.68 Å². The molecule has 150 valence electrons. The third-order valence-corrected chi connectivity index (χ3v) is 6.69. The molecule has 0 bridgehead atoms. The number of tetrazole rings is 1. The van der Waals surface area contributed by atoms with Gasteiger partial charge in [0.1, 0.15) is 0 Å². The molecule has 7 heteroatoms. The number of amides is 1. The number of hydrogen-bond donors (Lipinski definition) is 0. The van der Waals surface area contributed by atoms with Gasteiger partial charge in [0.2, 0.25) is 11.1 Å². The smallest absolute Gasteiger partial charge is 0.237 e. The van der Waals surface area contributed by atoms with E-state index in [1.54, 1.807) is 11.7 Å². The Morgan fingerprint density at radius 2 is 1.76 bits per heavy atom. The van der Waals surface area contributed by atoms with E-state index in [9.17, 15) is 4.79 Å². The maximum Gasteiger partial charge on any atom is 0.237 e. The molecule has 2 heterocycles. The molecule has 1 amide bonds. The van der Waals surface area contributed by atoms with Gasteiger partial charge >= 0.3 is 0 Å². The van der Waals surface area contributed by atoms with E-state index in [1.165, 1.54) is 22.9 Å². The second-order valence-electron chi connectivity index (χ2n) is 8.31. The first-order valence-corrected chi connectivity index (χ1v) is 10.6. The molecule has 0 radical (unpaired) electrons. The summed E-state index contributed by atoms with van der Waals surface area (Å²) >= 11 is 1.36. The van der Waals surface area contributed by atoms with Crippen molar-refractivity contribution in [2.24, 2.45) is 7.05 Å². The lowest BCUT2D eigenvalue weighted by Gasteiger charge is -2.51. The molecule has 0 N–H and O–H groups in total. The van der Waals surface area contributed by atoms with E-state index in [1.807, 2.05) is 17.0 Å². The number of aromatic nitrogens is 4. The van der Waals surface area contributed by atoms with Crippen LogP contribution >= 0.6 is 11.8 Å². The van der Waals surface area contributed by atoms with Gasteiger partial charge in [-0.3, -0.25) is 4.79 Å². The average Bonchev–Trinajstić information content (AvgIpc) is 3.11. The van der Waals surface area contributed by atoms with E-state index in [-0.39, 0.29) is 22.6 Å². The lowest BCUT2D eigenvalue weighted by molar-refractivity contribution is -0.117. The molecule has 1 aliphatic heterocycles. The van der Waals surface area contributed by atoms with E-state index in [0.29, 0.717) is 5.16 Å². The van der Waals surface area contributed by atoms with Crippen molar-refractivity contribution in [1.29, 1.82) is 0 Å². The number of benzene rings is 2. The summed E-state index contributed by atoms with van der Waals surface area (Å²) in [5, 5.41) is 12.1. The standard InChI is InChI=1S/C22H25N5OS/c1-21(2)15-22(3,16-10-6-5-7-11-16)17-12-8-9-13-18(17)27(21)19(28)14-29-20-23-24-25-26(20)4/h5-13H,14-15H2,1-4H3. The first-order chi connectivity index (χ1) is 13.8. The number of para-hydroxylation sites is 1. The van der Waals surface area contributed by atoms with Crippen LogP contribution in [0.4, 0.5) is 5.69 Å². The summed E-state index contributed by atoms with van der Waals surface area (Å²) in [5.74, 6) is 0.346. The zero-order valence-corrected chi connectivity index (χ0v) is 18.0. The molecule has 4 rings (SSSR count). The number of rotatable bonds is 4. The molecule has 1 aliphatic rings. The van der Waals surface area contributed by atoms with Crippen LogP contribution in [0.3, 0.4) is 0 Å². The van der Waals surface area contributed by atoms with Crippen molar-refractivity contribution in [2.45, 2.75) is 43.3 Å². The second-order valence-corrected chi connectivity index (χ2v) is 9.25. The molecule has 3 aromatic rings. The summed E-state index contributed by atoms with van der Waals surface area (Å²) in [6.07, 6.45) is 0.836. The average molecular weight is 408 g/mol. The van der Waals surface area contributed by atoms with Crippen LogP contribution in [-0.2, 0) is 17.3 Å². The third kappa shape index (κ3) is 3.44. The summed E-state index contributed by atoms with van der Waals surface area (Å²) in [4.78, 5) is 15.3. The van der Waals surface area contributed by atoms with Crippen molar-refractivity contribution in [1.82, 2.24) is 20.2 Å². The highest BCUT2D eigenvalue weighted by atomic mass is 32.2. The maximum absolute atomic E-state index is 13.4. The molecule has 0 fully saturated rings. The van der Waals surface area contributed by atoms with Crippen LogP contribution in [0, 0.1) is 0 Å². The first-order valence-electron chi connectivity index (χ1n) is 9.66. The van der Waals surface area contributed by atoms with Gasteiger partial charge < -0.3 is 4.90 Å². The van der Waals surface area contributed by atoms with Gasteiger partial charge in [0.25, 0.3) is 0 Å². The summed E-state index contributed by atoms with van der Waals surface area (Å²) < 4.78 is 1.58. The summed E-state index contributed by atoms with van der Waals surface area (Å²) in [5.41, 5.74) is 2.93. The Labute approximate surface area is 175 Å². The van der Waals surface area contributed by atoms with Crippen LogP contribution < -0.4 is 4.90 Å². The quantitative estimate of drug-likeness (QED) is 0.615. The number of carbonyl (C=O) groups is 1. The van der Waals surface area contributed by atoms with Crippen molar-refractivity contribution in [3.05, 3.63) is 65.7 Å². The monoisotopic (exact) mass is 407 g/mol. The molecule has 0 aliphatic carbocycles. The van der Waals surface area contributed by atoms with Gasteiger partial charge in [-0.05, 0) is 47.9 Å². The minimum absolute atomic E-state index is 0.0607. The Kier molecular flexibility index (Phi) is 4.94. The van der Waals surface area contributed by atoms with Gasteiger partial charge in [-0.1, -0.05) is 67.2 Å². The van der Waals surface area contributed by atoms with E-state index in [0.717, 1.165) is 12.1 Å². The fourth-order valence-electron chi connectivity index (χ4n) is 4.57. The zero-order valence-electron chi connectivity index (χ0n) is 17.2. The summed E-state index contributed by atoms with van der Waals surface area (Å²) in [6, 6.07) is 18.8. The Morgan fingerprint density at radius 3 is 2.45 bits per heavy atom. The number of anilines is 1. The maximum atomic E-state index is 13.4. The van der Waals surface area contributed by atoms with Gasteiger partial charge in [-0.2, -0.15) is 0 Å². The number of aryl methyl sites for hydroxylation is 1. The molecular formula is C22H25N5OS. The normalized spacial score (nSPS) is 20.3. The minimum atomic E-state index is -0.339. The number of fused-ring (bicyclic) bond motifs is 1. The van der Waals surface area contributed by atoms with Gasteiger partial charge in [0.05, 0.1) is 5.75 Å². The fourth-order valence-corrected chi connectivity index (χ4v) is 5.27. The van der Waals surface area contributed by atoms with Gasteiger partial charge in [0.15, 0.2) is 0 Å². The van der Waals surface area contributed by atoms with Gasteiger partial charge in [0, 0.05) is 23.7 Å². The molecule has 0 saturated carbocycles. The van der Waals surface area contributed by atoms with Crippen molar-refractivity contribution >= 4 is 23.4 Å². The molecule has 29 heavy (non-hydrogen) atoms. The minimum Gasteiger partial charge on any atom is -0.306 e. The molecule has 1 aromatic heterocycles. The summed E-state index contributed by atoms with van der Waals surface area (Å²) in [7, 11) is 1.78. The van der Waals surface area contributed by atoms with Crippen molar-refractivity contribution in [3.8, 4) is 0 Å². The highest BCUT2D eigenvalue weighted by Gasteiger charge is 2.47. The summed E-state index contributed by atoms with van der Waals surface area (Å²) in [6.45, 7) is 6.58. The zero-order chi connectivity index (χ0) is 20.6. The molecule has 6 nitrogen and oxygen atoms in total. The van der Waals surface area contributed by atoms with Gasteiger partial charge in [-0.15, -0.1) is 5.10 Å². The number of thioether (sulfide) groups is 1. The lowest BCUT2D eigenvalue weighted by atomic mass is 9.65. The Morgan fingerprint density at radius 1 is 1.07 bits per heavy atom. The SMILES string of the molecule is Cn1nnnc1SCC(=O)N1c2ccccc2C(C)(c2ccccc2)CC1(C)C. The highest BCUT2D eigenvalue weighted by Crippen LogP contribution is 2.50. The first kappa shape index (κ1) is 19.6. The van der Waals surface area contributed by atoms with E-state index in [2.05, 4.69) is 78.8 Å². The van der Waals surface area contributed by atoms with E-state index < -0.39 is 0 Å². The molecule has 0 saturated heterocycles. The van der Waals surface area contributed by atoms with Crippen LogP contribution in [-0.4, -0.2) is 37.4 Å².